The molecule has 8 nitrogen and oxygen atoms in total. The van der Waals surface area contributed by atoms with Crippen molar-refractivity contribution < 1.29 is 19.1 Å². The molecule has 2 aromatic carbocycles. The van der Waals surface area contributed by atoms with Crippen LogP contribution < -0.4 is 10.1 Å². The molecular formula is C29H32N4O4S2. The summed E-state index contributed by atoms with van der Waals surface area (Å²) in [6.45, 7) is 9.54. The monoisotopic (exact) mass is 564 g/mol. The lowest BCUT2D eigenvalue weighted by molar-refractivity contribution is -0.113. The zero-order valence-corrected chi connectivity index (χ0v) is 24.3. The van der Waals surface area contributed by atoms with Crippen LogP contribution in [0.1, 0.15) is 36.7 Å². The second-order valence-electron chi connectivity index (χ2n) is 9.33. The predicted molar refractivity (Wildman–Crippen MR) is 157 cm³/mol. The molecule has 4 rings (SSSR count). The Labute approximate surface area is 236 Å². The number of aryl methyl sites for hydroxylation is 1. The molecule has 204 valence electrons. The minimum Gasteiger partial charge on any atom is -0.493 e. The van der Waals surface area contributed by atoms with Gasteiger partial charge in [0.15, 0.2) is 11.0 Å². The van der Waals surface area contributed by atoms with Crippen molar-refractivity contribution in [1.29, 1.82) is 0 Å². The molecule has 0 atom stereocenters. The van der Waals surface area contributed by atoms with Crippen LogP contribution in [0, 0.1) is 12.8 Å². The van der Waals surface area contributed by atoms with Crippen LogP contribution in [-0.4, -0.2) is 46.1 Å². The average molecular weight is 565 g/mol. The Kier molecular flexibility index (Phi) is 9.42. The van der Waals surface area contributed by atoms with Crippen LogP contribution in [0.15, 0.2) is 59.1 Å². The molecule has 0 saturated carbocycles. The van der Waals surface area contributed by atoms with Crippen LogP contribution in [0.3, 0.4) is 0 Å². The van der Waals surface area contributed by atoms with E-state index in [0.29, 0.717) is 34.8 Å². The zero-order chi connectivity index (χ0) is 27.9. The SMILES string of the molecule is CCn1c(SCC(=O)Nc2scc(-c3ccc(C)cc3)c2C(=O)OC)nnc1-c1ccc(OCC(C)C)cc1. The fourth-order valence-electron chi connectivity index (χ4n) is 3.85. The van der Waals surface area contributed by atoms with Gasteiger partial charge < -0.3 is 19.4 Å². The first-order valence-corrected chi connectivity index (χ1v) is 14.5. The maximum atomic E-state index is 12.9. The van der Waals surface area contributed by atoms with Crippen LogP contribution in [0.2, 0.25) is 0 Å². The molecule has 0 aliphatic heterocycles. The van der Waals surface area contributed by atoms with Gasteiger partial charge >= 0.3 is 5.97 Å². The van der Waals surface area contributed by atoms with Gasteiger partial charge in [-0.15, -0.1) is 21.5 Å². The Bertz CT molecular complexity index is 1430. The molecule has 0 fully saturated rings. The van der Waals surface area contributed by atoms with Crippen molar-refractivity contribution in [3.05, 3.63) is 65.0 Å². The Hall–Kier alpha value is -3.63. The van der Waals surface area contributed by atoms with Crippen molar-refractivity contribution in [3.63, 3.8) is 0 Å². The van der Waals surface area contributed by atoms with Crippen LogP contribution in [0.25, 0.3) is 22.5 Å². The second-order valence-corrected chi connectivity index (χ2v) is 11.1. The van der Waals surface area contributed by atoms with Gasteiger partial charge in [-0.1, -0.05) is 55.4 Å². The minimum absolute atomic E-state index is 0.110. The highest BCUT2D eigenvalue weighted by Gasteiger charge is 2.23. The van der Waals surface area contributed by atoms with E-state index >= 15 is 0 Å². The van der Waals surface area contributed by atoms with Crippen molar-refractivity contribution >= 4 is 40.0 Å². The third-order valence-electron chi connectivity index (χ3n) is 5.86. The number of hydrogen-bond acceptors (Lipinski definition) is 8. The minimum atomic E-state index is -0.495. The van der Waals surface area contributed by atoms with E-state index in [1.54, 1.807) is 0 Å². The van der Waals surface area contributed by atoms with Crippen LogP contribution in [0.5, 0.6) is 5.75 Å². The Morgan fingerprint density at radius 2 is 1.74 bits per heavy atom. The molecule has 39 heavy (non-hydrogen) atoms. The van der Waals surface area contributed by atoms with Crippen LogP contribution in [0.4, 0.5) is 5.00 Å². The maximum absolute atomic E-state index is 12.9. The summed E-state index contributed by atoms with van der Waals surface area (Å²) in [6.07, 6.45) is 0. The Balaban J connectivity index is 1.45. The topological polar surface area (TPSA) is 95.3 Å². The number of methoxy groups -OCH3 is 1. The number of carbonyl (C=O) groups excluding carboxylic acids is 2. The molecule has 2 heterocycles. The van der Waals surface area contributed by atoms with E-state index in [1.165, 1.54) is 30.2 Å². The second kappa shape index (κ2) is 12.9. The van der Waals surface area contributed by atoms with Gasteiger partial charge in [-0.2, -0.15) is 0 Å². The van der Waals surface area contributed by atoms with Gasteiger partial charge in [-0.3, -0.25) is 4.79 Å². The molecule has 0 bridgehead atoms. The number of aromatic nitrogens is 3. The molecule has 0 unspecified atom stereocenters. The number of esters is 1. The van der Waals surface area contributed by atoms with Crippen molar-refractivity contribution in [1.82, 2.24) is 14.8 Å². The van der Waals surface area contributed by atoms with E-state index in [1.807, 2.05) is 72.3 Å². The zero-order valence-electron chi connectivity index (χ0n) is 22.7. The van der Waals surface area contributed by atoms with Crippen LogP contribution >= 0.6 is 23.1 Å². The third-order valence-corrected chi connectivity index (χ3v) is 7.72. The molecular weight excluding hydrogens is 532 g/mol. The molecule has 0 aliphatic rings. The summed E-state index contributed by atoms with van der Waals surface area (Å²) in [5.74, 6) is 1.36. The number of anilines is 1. The van der Waals surface area contributed by atoms with Gasteiger partial charge in [0, 0.05) is 23.1 Å². The lowest BCUT2D eigenvalue weighted by Crippen LogP contribution is -2.16. The van der Waals surface area contributed by atoms with Crippen LogP contribution in [-0.2, 0) is 16.1 Å². The van der Waals surface area contributed by atoms with Gasteiger partial charge in [0.1, 0.15) is 16.3 Å². The molecule has 0 spiro atoms. The number of benzene rings is 2. The maximum Gasteiger partial charge on any atom is 0.341 e. The lowest BCUT2D eigenvalue weighted by Gasteiger charge is -2.10. The van der Waals surface area contributed by atoms with E-state index < -0.39 is 5.97 Å². The number of nitrogens with one attached hydrogen (secondary N) is 1. The first-order valence-electron chi connectivity index (χ1n) is 12.7. The smallest absolute Gasteiger partial charge is 0.341 e. The fraction of sp³-hybridized carbons (Fsp3) is 0.310. The summed E-state index contributed by atoms with van der Waals surface area (Å²) in [5, 5.41) is 14.5. The molecule has 0 saturated heterocycles. The molecule has 0 radical (unpaired) electrons. The predicted octanol–water partition coefficient (Wildman–Crippen LogP) is 6.55. The Morgan fingerprint density at radius 3 is 2.38 bits per heavy atom. The van der Waals surface area contributed by atoms with Crippen molar-refractivity contribution in [3.8, 4) is 28.3 Å². The highest BCUT2D eigenvalue weighted by atomic mass is 32.2. The summed E-state index contributed by atoms with van der Waals surface area (Å²) in [6, 6.07) is 15.6. The molecule has 4 aromatic rings. The standard InChI is InChI=1S/C29H32N4O4S2/c1-6-33-26(21-11-13-22(14-12-21)37-15-18(2)3)31-32-29(33)39-17-24(34)30-27-25(28(35)36-5)23(16-38-27)20-9-7-19(4)8-10-20/h7-14,16,18H,6,15,17H2,1-5H3,(H,30,34). The van der Waals surface area contributed by atoms with E-state index in [4.69, 9.17) is 9.47 Å². The first-order chi connectivity index (χ1) is 18.8. The summed E-state index contributed by atoms with van der Waals surface area (Å²) in [5.41, 5.74) is 4.00. The highest BCUT2D eigenvalue weighted by Crippen LogP contribution is 2.36. The van der Waals surface area contributed by atoms with E-state index in [-0.39, 0.29) is 11.7 Å². The number of amides is 1. The van der Waals surface area contributed by atoms with E-state index in [9.17, 15) is 9.59 Å². The number of thiophene rings is 1. The lowest BCUT2D eigenvalue weighted by atomic mass is 10.0. The summed E-state index contributed by atoms with van der Waals surface area (Å²) in [4.78, 5) is 25.5. The molecule has 2 aromatic heterocycles. The van der Waals surface area contributed by atoms with Crippen molar-refractivity contribution in [2.75, 3.05) is 24.8 Å². The highest BCUT2D eigenvalue weighted by molar-refractivity contribution is 7.99. The number of nitrogens with zero attached hydrogens (tertiary/aromatic N) is 3. The molecule has 1 amide bonds. The summed E-state index contributed by atoms with van der Waals surface area (Å²) in [7, 11) is 1.34. The van der Waals surface area contributed by atoms with Crippen molar-refractivity contribution in [2.24, 2.45) is 5.92 Å². The average Bonchev–Trinajstić information content (AvgIpc) is 3.55. The van der Waals surface area contributed by atoms with Gasteiger partial charge in [-0.05, 0) is 49.6 Å². The number of rotatable bonds is 11. The molecule has 0 aliphatic carbocycles. The van der Waals surface area contributed by atoms with Crippen molar-refractivity contribution in [2.45, 2.75) is 39.4 Å². The molecule has 1 N–H and O–H groups in total. The normalized spacial score (nSPS) is 11.0. The van der Waals surface area contributed by atoms with Gasteiger partial charge in [-0.25, -0.2) is 4.79 Å². The summed E-state index contributed by atoms with van der Waals surface area (Å²) >= 11 is 2.59. The quantitative estimate of drug-likeness (QED) is 0.163. The number of carbonyl (C=O) groups is 2. The number of hydrogen-bond donors (Lipinski definition) is 1. The number of thioether (sulfide) groups is 1. The first kappa shape index (κ1) is 28.4. The molecule has 10 heteroatoms. The third kappa shape index (κ3) is 6.88. The van der Waals surface area contributed by atoms with Gasteiger partial charge in [0.2, 0.25) is 5.91 Å². The van der Waals surface area contributed by atoms with Gasteiger partial charge in [0.25, 0.3) is 0 Å². The van der Waals surface area contributed by atoms with Gasteiger partial charge in [0.05, 0.1) is 19.5 Å². The number of ether oxygens (including phenoxy) is 2. The van der Waals surface area contributed by atoms with E-state index in [0.717, 1.165) is 33.8 Å². The fourth-order valence-corrected chi connectivity index (χ4v) is 5.63. The largest absolute Gasteiger partial charge is 0.493 e. The Morgan fingerprint density at radius 1 is 1.05 bits per heavy atom. The summed E-state index contributed by atoms with van der Waals surface area (Å²) < 4.78 is 12.8. The van der Waals surface area contributed by atoms with E-state index in [2.05, 4.69) is 29.4 Å².